The monoisotopic (exact) mass is 208 g/mol. The lowest BCUT2D eigenvalue weighted by Crippen LogP contribution is -2.34. The van der Waals surface area contributed by atoms with Gasteiger partial charge in [0, 0.05) is 21.1 Å². The zero-order chi connectivity index (χ0) is 11.4. The molecule has 0 aliphatic carbocycles. The van der Waals surface area contributed by atoms with Crippen molar-refractivity contribution in [3.05, 3.63) is 18.2 Å². The van der Waals surface area contributed by atoms with Gasteiger partial charge in [-0.15, -0.1) is 0 Å². The molecule has 1 amide bonds. The van der Waals surface area contributed by atoms with Gasteiger partial charge in [0.05, 0.1) is 6.54 Å². The van der Waals surface area contributed by atoms with Gasteiger partial charge in [-0.2, -0.15) is 0 Å². The molecule has 2 N–H and O–H groups in total. The highest BCUT2D eigenvalue weighted by molar-refractivity contribution is 5.80. The van der Waals surface area contributed by atoms with Crippen LogP contribution < -0.4 is 10.6 Å². The zero-order valence-electron chi connectivity index (χ0n) is 9.27. The maximum absolute atomic E-state index is 11.4. The molecule has 0 aromatic carbocycles. The first-order chi connectivity index (χ1) is 7.00. The summed E-state index contributed by atoms with van der Waals surface area (Å²) in [6, 6.07) is 5.35. The molecule has 5 nitrogen and oxygen atoms in total. The van der Waals surface area contributed by atoms with Gasteiger partial charge in [0.2, 0.25) is 5.91 Å². The van der Waals surface area contributed by atoms with Crippen molar-refractivity contribution in [2.75, 3.05) is 38.3 Å². The van der Waals surface area contributed by atoms with Gasteiger partial charge in [0.15, 0.2) is 0 Å². The average molecular weight is 208 g/mol. The minimum atomic E-state index is 0.0294. The first kappa shape index (κ1) is 11.3. The van der Waals surface area contributed by atoms with Gasteiger partial charge in [-0.05, 0) is 12.1 Å². The van der Waals surface area contributed by atoms with Gasteiger partial charge in [-0.25, -0.2) is 4.98 Å². The maximum Gasteiger partial charge on any atom is 0.241 e. The predicted molar refractivity (Wildman–Crippen MR) is 60.6 cm³/mol. The van der Waals surface area contributed by atoms with Crippen LogP contribution >= 0.6 is 0 Å². The van der Waals surface area contributed by atoms with E-state index in [-0.39, 0.29) is 5.91 Å². The van der Waals surface area contributed by atoms with E-state index in [1.807, 2.05) is 19.2 Å². The lowest BCUT2D eigenvalue weighted by Gasteiger charge is -2.20. The normalized spacial score (nSPS) is 9.80. The fourth-order valence-electron chi connectivity index (χ4n) is 1.08. The highest BCUT2D eigenvalue weighted by Gasteiger charge is 2.09. The number of nitrogens with zero attached hydrogens (tertiary/aromatic N) is 3. The Kier molecular flexibility index (Phi) is 3.49. The molecule has 0 bridgehead atoms. The topological polar surface area (TPSA) is 62.5 Å². The van der Waals surface area contributed by atoms with Crippen LogP contribution in [0.25, 0.3) is 0 Å². The number of aromatic nitrogens is 1. The van der Waals surface area contributed by atoms with Gasteiger partial charge in [0.25, 0.3) is 0 Å². The molecule has 0 saturated heterocycles. The van der Waals surface area contributed by atoms with Crippen LogP contribution in [0.4, 0.5) is 11.6 Å². The van der Waals surface area contributed by atoms with Crippen molar-refractivity contribution in [1.29, 1.82) is 0 Å². The Morgan fingerprint density at radius 2 is 2.07 bits per heavy atom. The molecule has 0 fully saturated rings. The zero-order valence-corrected chi connectivity index (χ0v) is 9.27. The van der Waals surface area contributed by atoms with E-state index in [1.54, 1.807) is 30.0 Å². The number of nitrogen functional groups attached to an aromatic ring is 1. The Labute approximate surface area is 89.5 Å². The number of carbonyl (C=O) groups is 1. The van der Waals surface area contributed by atoms with Crippen LogP contribution in [0.5, 0.6) is 0 Å². The van der Waals surface area contributed by atoms with Crippen LogP contribution in [-0.4, -0.2) is 43.5 Å². The Hall–Kier alpha value is -1.78. The van der Waals surface area contributed by atoms with Crippen molar-refractivity contribution in [2.45, 2.75) is 0 Å². The van der Waals surface area contributed by atoms with Crippen LogP contribution in [0, 0.1) is 0 Å². The Morgan fingerprint density at radius 1 is 1.40 bits per heavy atom. The SMILES string of the molecule is CN(C)C(=O)CN(C)c1cccc(N)n1. The average Bonchev–Trinajstić information content (AvgIpc) is 2.17. The number of rotatable bonds is 3. The van der Waals surface area contributed by atoms with Crippen molar-refractivity contribution in [3.63, 3.8) is 0 Å². The smallest absolute Gasteiger partial charge is 0.241 e. The van der Waals surface area contributed by atoms with E-state index in [9.17, 15) is 4.79 Å². The molecule has 5 heteroatoms. The van der Waals surface area contributed by atoms with Gasteiger partial charge in [-0.1, -0.05) is 6.07 Å². The minimum absolute atomic E-state index is 0.0294. The molecule has 0 aliphatic rings. The Bertz CT molecular complexity index is 351. The lowest BCUT2D eigenvalue weighted by atomic mass is 10.4. The van der Waals surface area contributed by atoms with E-state index in [4.69, 9.17) is 5.73 Å². The fourth-order valence-corrected chi connectivity index (χ4v) is 1.08. The van der Waals surface area contributed by atoms with Crippen molar-refractivity contribution in [1.82, 2.24) is 9.88 Å². The van der Waals surface area contributed by atoms with Gasteiger partial charge in [-0.3, -0.25) is 4.79 Å². The second-order valence-corrected chi connectivity index (χ2v) is 3.56. The molecule has 0 aliphatic heterocycles. The van der Waals surface area contributed by atoms with E-state index in [0.29, 0.717) is 18.2 Å². The highest BCUT2D eigenvalue weighted by Crippen LogP contribution is 2.10. The molecule has 0 spiro atoms. The first-order valence-corrected chi connectivity index (χ1v) is 4.64. The highest BCUT2D eigenvalue weighted by atomic mass is 16.2. The summed E-state index contributed by atoms with van der Waals surface area (Å²) in [5.41, 5.74) is 5.55. The standard InChI is InChI=1S/C10H16N4O/c1-13(2)10(15)7-14(3)9-6-4-5-8(11)12-9/h4-6H,7H2,1-3H3,(H2,11,12). The molecular weight excluding hydrogens is 192 g/mol. The molecule has 82 valence electrons. The molecule has 0 saturated carbocycles. The number of likely N-dealkylation sites (N-methyl/N-ethyl adjacent to an activating group) is 2. The number of anilines is 2. The fraction of sp³-hybridized carbons (Fsp3) is 0.400. The third-order valence-electron chi connectivity index (χ3n) is 2.02. The Balaban J connectivity index is 2.69. The molecule has 1 rings (SSSR count). The molecule has 1 aromatic rings. The minimum Gasteiger partial charge on any atom is -0.384 e. The predicted octanol–water partition coefficient (Wildman–Crippen LogP) is 0.188. The van der Waals surface area contributed by atoms with E-state index in [1.165, 1.54) is 0 Å². The molecule has 0 radical (unpaired) electrons. The largest absolute Gasteiger partial charge is 0.384 e. The van der Waals surface area contributed by atoms with Crippen LogP contribution in [0.1, 0.15) is 0 Å². The van der Waals surface area contributed by atoms with Crippen LogP contribution in [-0.2, 0) is 4.79 Å². The first-order valence-electron chi connectivity index (χ1n) is 4.64. The molecule has 1 heterocycles. The third kappa shape index (κ3) is 3.12. The summed E-state index contributed by atoms with van der Waals surface area (Å²) in [6.07, 6.45) is 0. The summed E-state index contributed by atoms with van der Waals surface area (Å²) in [7, 11) is 5.26. The van der Waals surface area contributed by atoms with Crippen LogP contribution in [0.3, 0.4) is 0 Å². The summed E-state index contributed by atoms with van der Waals surface area (Å²) in [5.74, 6) is 1.18. The summed E-state index contributed by atoms with van der Waals surface area (Å²) in [4.78, 5) is 18.9. The van der Waals surface area contributed by atoms with Crippen molar-refractivity contribution < 1.29 is 4.79 Å². The van der Waals surface area contributed by atoms with E-state index in [0.717, 1.165) is 0 Å². The number of hydrogen-bond acceptors (Lipinski definition) is 4. The van der Waals surface area contributed by atoms with Crippen molar-refractivity contribution >= 4 is 17.5 Å². The Morgan fingerprint density at radius 3 is 2.60 bits per heavy atom. The molecule has 15 heavy (non-hydrogen) atoms. The summed E-state index contributed by atoms with van der Waals surface area (Å²) < 4.78 is 0. The van der Waals surface area contributed by atoms with Gasteiger partial charge >= 0.3 is 0 Å². The molecule has 0 unspecified atom stereocenters. The molecule has 0 atom stereocenters. The summed E-state index contributed by atoms with van der Waals surface area (Å²) >= 11 is 0. The number of amides is 1. The van der Waals surface area contributed by atoms with E-state index >= 15 is 0 Å². The second-order valence-electron chi connectivity index (χ2n) is 3.56. The van der Waals surface area contributed by atoms with Gasteiger partial charge < -0.3 is 15.5 Å². The summed E-state index contributed by atoms with van der Waals surface area (Å²) in [5, 5.41) is 0. The quantitative estimate of drug-likeness (QED) is 0.770. The number of pyridine rings is 1. The van der Waals surface area contributed by atoms with Crippen LogP contribution in [0.15, 0.2) is 18.2 Å². The van der Waals surface area contributed by atoms with Crippen molar-refractivity contribution in [2.24, 2.45) is 0 Å². The number of nitrogens with two attached hydrogens (primary N) is 1. The van der Waals surface area contributed by atoms with E-state index in [2.05, 4.69) is 4.98 Å². The van der Waals surface area contributed by atoms with Gasteiger partial charge in [0.1, 0.15) is 11.6 Å². The van der Waals surface area contributed by atoms with Crippen molar-refractivity contribution in [3.8, 4) is 0 Å². The number of carbonyl (C=O) groups excluding carboxylic acids is 1. The lowest BCUT2D eigenvalue weighted by molar-refractivity contribution is -0.127. The van der Waals surface area contributed by atoms with Crippen LogP contribution in [0.2, 0.25) is 0 Å². The maximum atomic E-state index is 11.4. The molecular formula is C10H16N4O. The molecule has 1 aromatic heterocycles. The van der Waals surface area contributed by atoms with E-state index < -0.39 is 0 Å². The summed E-state index contributed by atoms with van der Waals surface area (Å²) in [6.45, 7) is 0.295. The third-order valence-corrected chi connectivity index (χ3v) is 2.02. The number of hydrogen-bond donors (Lipinski definition) is 1. The second kappa shape index (κ2) is 4.63.